The summed E-state index contributed by atoms with van der Waals surface area (Å²) in [7, 11) is 0. The largest absolute Gasteiger partial charge is 0.346 e. The first-order valence-electron chi connectivity index (χ1n) is 13.4. The van der Waals surface area contributed by atoms with Crippen LogP contribution in [0.5, 0.6) is 0 Å². The van der Waals surface area contributed by atoms with Gasteiger partial charge in [-0.3, -0.25) is 19.2 Å². The molecule has 2 fully saturated rings. The lowest BCUT2D eigenvalue weighted by molar-refractivity contribution is -0.141. The molecule has 0 radical (unpaired) electrons. The normalized spacial score (nSPS) is 21.5. The van der Waals surface area contributed by atoms with Crippen LogP contribution in [-0.4, -0.2) is 59.6 Å². The molecule has 0 bridgehead atoms. The Bertz CT molecular complexity index is 858. The number of Topliss-reactive ketones (excluding diaryl/α,β-unsaturated/α-hetero) is 1. The van der Waals surface area contributed by atoms with Crippen LogP contribution in [0.3, 0.4) is 0 Å². The maximum atomic E-state index is 13.6. The molecule has 8 heteroatoms. The number of carbonyl (C=O) groups is 4. The van der Waals surface area contributed by atoms with Crippen molar-refractivity contribution >= 4 is 23.5 Å². The number of likely N-dealkylation sites (tertiary alicyclic amines) is 1. The van der Waals surface area contributed by atoms with E-state index in [-0.39, 0.29) is 24.3 Å². The molecule has 1 saturated heterocycles. The van der Waals surface area contributed by atoms with Crippen LogP contribution in [0.2, 0.25) is 0 Å². The quantitative estimate of drug-likeness (QED) is 0.281. The number of rotatable bonds is 12. The lowest BCUT2D eigenvalue weighted by Gasteiger charge is -2.32. The maximum absolute atomic E-state index is 13.6. The van der Waals surface area contributed by atoms with Gasteiger partial charge in [0.1, 0.15) is 12.1 Å². The molecule has 1 aliphatic carbocycles. The van der Waals surface area contributed by atoms with Crippen molar-refractivity contribution in [3.05, 3.63) is 36.5 Å². The summed E-state index contributed by atoms with van der Waals surface area (Å²) in [6, 6.07) is -2.62. The molecular weight excluding hydrogens is 456 g/mol. The Labute approximate surface area is 215 Å². The monoisotopic (exact) mass is 500 g/mol. The summed E-state index contributed by atoms with van der Waals surface area (Å²) in [4.78, 5) is 53.9. The second-order valence-electron chi connectivity index (χ2n) is 10.2. The second kappa shape index (κ2) is 14.7. The van der Waals surface area contributed by atoms with Crippen molar-refractivity contribution in [2.24, 2.45) is 17.6 Å². The molecule has 1 aliphatic heterocycles. The Hall–Kier alpha value is -2.74. The summed E-state index contributed by atoms with van der Waals surface area (Å²) in [5.74, 6) is -1.95. The highest BCUT2D eigenvalue weighted by atomic mass is 16.2. The predicted molar refractivity (Wildman–Crippen MR) is 142 cm³/mol. The van der Waals surface area contributed by atoms with E-state index in [9.17, 15) is 19.2 Å². The standard InChI is InChI=1S/C28H44N4O4/c1-5-7-9-14-22(25(33)27(35)30-16-6-2)31-26(34)24-21(18-19(3)4)15-17-32(24)28(36)23(29)20-12-10-8-11-13-20/h6,9,14,18-20,22-24H,2,5,7-8,10-13,15-17,29H2,1,3-4H3,(H,30,35)(H,31,34)/b14-9+,21-18+/t22?,23-,24-/m0/s1. The topological polar surface area (TPSA) is 122 Å². The number of hydrogen-bond donors (Lipinski definition) is 3. The van der Waals surface area contributed by atoms with E-state index >= 15 is 0 Å². The smallest absolute Gasteiger partial charge is 0.290 e. The number of amides is 3. The summed E-state index contributed by atoms with van der Waals surface area (Å²) in [5, 5.41) is 5.22. The zero-order chi connectivity index (χ0) is 26.7. The van der Waals surface area contributed by atoms with Crippen molar-refractivity contribution in [2.45, 2.75) is 90.3 Å². The Kier molecular flexibility index (Phi) is 12.1. The van der Waals surface area contributed by atoms with Gasteiger partial charge in [0.05, 0.1) is 6.04 Å². The number of hydrogen-bond acceptors (Lipinski definition) is 5. The highest BCUT2D eigenvalue weighted by Crippen LogP contribution is 2.30. The molecule has 8 nitrogen and oxygen atoms in total. The van der Waals surface area contributed by atoms with Crippen LogP contribution in [0, 0.1) is 11.8 Å². The van der Waals surface area contributed by atoms with Crippen molar-refractivity contribution in [3.8, 4) is 0 Å². The lowest BCUT2D eigenvalue weighted by Crippen LogP contribution is -2.56. The first kappa shape index (κ1) is 29.5. The molecule has 4 N–H and O–H groups in total. The molecule has 0 aromatic carbocycles. The van der Waals surface area contributed by atoms with Crippen LogP contribution in [0.15, 0.2) is 36.5 Å². The molecule has 1 unspecified atom stereocenters. The number of nitrogens with one attached hydrogen (secondary N) is 2. The predicted octanol–water partition coefficient (Wildman–Crippen LogP) is 2.79. The van der Waals surface area contributed by atoms with E-state index in [0.29, 0.717) is 19.4 Å². The minimum Gasteiger partial charge on any atom is -0.346 e. The Balaban J connectivity index is 2.28. The summed E-state index contributed by atoms with van der Waals surface area (Å²) in [6.45, 7) is 10.1. The number of unbranched alkanes of at least 4 members (excludes halogenated alkanes) is 1. The molecule has 0 spiro atoms. The Morgan fingerprint density at radius 1 is 1.17 bits per heavy atom. The van der Waals surface area contributed by atoms with Crippen LogP contribution in [-0.2, 0) is 19.2 Å². The molecule has 1 heterocycles. The van der Waals surface area contributed by atoms with Crippen molar-refractivity contribution in [2.75, 3.05) is 13.1 Å². The maximum Gasteiger partial charge on any atom is 0.290 e. The molecule has 36 heavy (non-hydrogen) atoms. The molecule has 2 aliphatic rings. The highest BCUT2D eigenvalue weighted by Gasteiger charge is 2.42. The SMILES string of the molecule is C=CCNC(=O)C(=O)C(/C=C/CCC)NC(=O)[C@@H]1/C(=C/C(C)C)CCN1C(=O)[C@@H](N)C1CCCCC1. The van der Waals surface area contributed by atoms with E-state index in [1.807, 2.05) is 26.8 Å². The number of nitrogens with zero attached hydrogens (tertiary/aromatic N) is 1. The van der Waals surface area contributed by atoms with Gasteiger partial charge in [-0.15, -0.1) is 6.58 Å². The number of ketones is 1. The summed E-state index contributed by atoms with van der Waals surface area (Å²) in [5.41, 5.74) is 7.27. The summed E-state index contributed by atoms with van der Waals surface area (Å²) < 4.78 is 0. The average Bonchev–Trinajstić information content (AvgIpc) is 3.28. The van der Waals surface area contributed by atoms with Crippen LogP contribution in [0.4, 0.5) is 0 Å². The van der Waals surface area contributed by atoms with E-state index in [1.165, 1.54) is 6.08 Å². The van der Waals surface area contributed by atoms with Crippen LogP contribution < -0.4 is 16.4 Å². The lowest BCUT2D eigenvalue weighted by atomic mass is 9.83. The van der Waals surface area contributed by atoms with Gasteiger partial charge >= 0.3 is 0 Å². The van der Waals surface area contributed by atoms with Gasteiger partial charge in [-0.25, -0.2) is 0 Å². The van der Waals surface area contributed by atoms with Gasteiger partial charge in [0.15, 0.2) is 0 Å². The zero-order valence-electron chi connectivity index (χ0n) is 22.1. The van der Waals surface area contributed by atoms with Crippen LogP contribution in [0.1, 0.15) is 72.1 Å². The van der Waals surface area contributed by atoms with Gasteiger partial charge in [0.25, 0.3) is 5.91 Å². The van der Waals surface area contributed by atoms with Gasteiger partial charge in [-0.1, -0.05) is 70.8 Å². The third-order valence-corrected chi connectivity index (χ3v) is 6.82. The minimum absolute atomic E-state index is 0.118. The fourth-order valence-electron chi connectivity index (χ4n) is 4.98. The number of nitrogens with two attached hydrogens (primary N) is 1. The van der Waals surface area contributed by atoms with Crippen molar-refractivity contribution in [1.29, 1.82) is 0 Å². The molecule has 200 valence electrons. The van der Waals surface area contributed by atoms with Crippen LogP contribution in [0.25, 0.3) is 0 Å². The molecule has 0 aromatic heterocycles. The van der Waals surface area contributed by atoms with Crippen molar-refractivity contribution in [1.82, 2.24) is 15.5 Å². The van der Waals surface area contributed by atoms with Gasteiger partial charge in [-0.2, -0.15) is 0 Å². The van der Waals surface area contributed by atoms with Gasteiger partial charge in [-0.05, 0) is 43.1 Å². The fourth-order valence-corrected chi connectivity index (χ4v) is 4.98. The average molecular weight is 501 g/mol. The van der Waals surface area contributed by atoms with E-state index < -0.39 is 35.7 Å². The molecular formula is C28H44N4O4. The molecule has 2 rings (SSSR count). The number of allylic oxidation sites excluding steroid dienone is 2. The van der Waals surface area contributed by atoms with Crippen molar-refractivity contribution in [3.63, 3.8) is 0 Å². The third-order valence-electron chi connectivity index (χ3n) is 6.82. The van der Waals surface area contributed by atoms with E-state index in [1.54, 1.807) is 17.1 Å². The van der Waals surface area contributed by atoms with Crippen LogP contribution >= 0.6 is 0 Å². The van der Waals surface area contributed by atoms with Crippen molar-refractivity contribution < 1.29 is 19.2 Å². The van der Waals surface area contributed by atoms with E-state index in [2.05, 4.69) is 17.2 Å². The molecule has 3 atom stereocenters. The summed E-state index contributed by atoms with van der Waals surface area (Å²) in [6.07, 6.45) is 14.1. The molecule has 3 amide bonds. The molecule has 1 saturated carbocycles. The van der Waals surface area contributed by atoms with Gasteiger partial charge < -0.3 is 21.3 Å². The first-order valence-corrected chi connectivity index (χ1v) is 13.4. The Morgan fingerprint density at radius 3 is 2.47 bits per heavy atom. The Morgan fingerprint density at radius 2 is 1.86 bits per heavy atom. The molecule has 0 aromatic rings. The van der Waals surface area contributed by atoms with E-state index in [4.69, 9.17) is 5.73 Å². The second-order valence-corrected chi connectivity index (χ2v) is 10.2. The van der Waals surface area contributed by atoms with E-state index in [0.717, 1.165) is 44.1 Å². The van der Waals surface area contributed by atoms with Gasteiger partial charge in [0.2, 0.25) is 17.6 Å². The fraction of sp³-hybridized carbons (Fsp3) is 0.643. The van der Waals surface area contributed by atoms with Gasteiger partial charge in [0, 0.05) is 13.1 Å². The number of carbonyl (C=O) groups excluding carboxylic acids is 4. The summed E-state index contributed by atoms with van der Waals surface area (Å²) >= 11 is 0. The first-order chi connectivity index (χ1) is 17.2. The highest BCUT2D eigenvalue weighted by molar-refractivity contribution is 6.39. The third kappa shape index (κ3) is 8.15. The zero-order valence-corrected chi connectivity index (χ0v) is 22.1. The minimum atomic E-state index is -1.13.